The van der Waals surface area contributed by atoms with E-state index in [1.807, 2.05) is 6.26 Å². The van der Waals surface area contributed by atoms with Gasteiger partial charge in [0.1, 0.15) is 23.4 Å². The minimum atomic E-state index is -0.614. The van der Waals surface area contributed by atoms with Crippen molar-refractivity contribution in [3.63, 3.8) is 0 Å². The van der Waals surface area contributed by atoms with Crippen molar-refractivity contribution in [3.05, 3.63) is 45.8 Å². The maximum atomic E-state index is 12.6. The lowest BCUT2D eigenvalue weighted by Crippen LogP contribution is -2.41. The van der Waals surface area contributed by atoms with Crippen LogP contribution >= 0.6 is 23.7 Å². The quantitative estimate of drug-likeness (QED) is 0.570. The Labute approximate surface area is 155 Å². The molecule has 2 aromatic rings. The van der Waals surface area contributed by atoms with Crippen LogP contribution < -0.4 is 5.43 Å². The molecule has 0 atom stereocenters. The van der Waals surface area contributed by atoms with Gasteiger partial charge in [0, 0.05) is 6.07 Å². The Balaban J connectivity index is 1.83. The van der Waals surface area contributed by atoms with Gasteiger partial charge in [-0.3, -0.25) is 15.0 Å². The molecule has 4 rings (SSSR count). The van der Waals surface area contributed by atoms with E-state index in [0.29, 0.717) is 10.3 Å². The molecular weight excluding hydrogens is 376 g/mol. The van der Waals surface area contributed by atoms with Crippen LogP contribution in [0.25, 0.3) is 17.0 Å². The van der Waals surface area contributed by atoms with Gasteiger partial charge in [0.05, 0.1) is 28.5 Å². The third-order valence-corrected chi connectivity index (χ3v) is 5.22. The molecule has 8 nitrogen and oxygen atoms in total. The van der Waals surface area contributed by atoms with Crippen molar-refractivity contribution in [3.8, 4) is 5.75 Å². The van der Waals surface area contributed by atoms with Crippen LogP contribution in [0.3, 0.4) is 0 Å². The summed E-state index contributed by atoms with van der Waals surface area (Å²) in [6, 6.07) is 4.16. The fourth-order valence-corrected chi connectivity index (χ4v) is 3.97. The summed E-state index contributed by atoms with van der Waals surface area (Å²) in [7, 11) is 0. The molecular formula is C16H10N4O4S2. The molecule has 1 amide bonds. The summed E-state index contributed by atoms with van der Waals surface area (Å²) in [6.07, 6.45) is 4.30. The summed E-state index contributed by atoms with van der Waals surface area (Å²) in [6.45, 7) is 0. The first-order valence-corrected chi connectivity index (χ1v) is 9.26. The lowest BCUT2D eigenvalue weighted by molar-refractivity contribution is -0.114. The summed E-state index contributed by atoms with van der Waals surface area (Å²) in [5.74, 6) is -0.729. The zero-order chi connectivity index (χ0) is 18.4. The van der Waals surface area contributed by atoms with Crippen molar-refractivity contribution >= 4 is 62.8 Å². The number of carbonyl (C=O) groups is 1. The highest BCUT2D eigenvalue weighted by atomic mass is 32.2. The largest absolute Gasteiger partial charge is 0.508 e. The summed E-state index contributed by atoms with van der Waals surface area (Å²) < 4.78 is 9.54. The molecule has 0 unspecified atom stereocenters. The maximum Gasteiger partial charge on any atom is 0.283 e. The van der Waals surface area contributed by atoms with Gasteiger partial charge in [0.15, 0.2) is 10.6 Å². The smallest absolute Gasteiger partial charge is 0.283 e. The lowest BCUT2D eigenvalue weighted by Gasteiger charge is -2.23. The molecule has 1 aromatic carbocycles. The number of aliphatic imine (C=N–C) groups is 1. The van der Waals surface area contributed by atoms with E-state index in [9.17, 15) is 14.7 Å². The zero-order valence-corrected chi connectivity index (χ0v) is 14.8. The SMILES string of the molecule is CSC1=NSC2=NC(=O)C(=Cc3coc4cc(O)ccc4c3=O)C(=N)N12. The lowest BCUT2D eigenvalue weighted by atomic mass is 10.1. The second kappa shape index (κ2) is 6.15. The Morgan fingerprint density at radius 3 is 2.96 bits per heavy atom. The number of fused-ring (bicyclic) bond motifs is 2. The van der Waals surface area contributed by atoms with Gasteiger partial charge >= 0.3 is 0 Å². The van der Waals surface area contributed by atoms with Crippen LogP contribution in [0, 0.1) is 5.41 Å². The summed E-state index contributed by atoms with van der Waals surface area (Å²) in [4.78, 5) is 30.3. The number of nitrogens with zero attached hydrogens (tertiary/aromatic N) is 3. The molecule has 2 aliphatic heterocycles. The predicted octanol–water partition coefficient (Wildman–Crippen LogP) is 2.44. The van der Waals surface area contributed by atoms with Gasteiger partial charge in [-0.1, -0.05) is 11.8 Å². The monoisotopic (exact) mass is 386 g/mol. The fourth-order valence-electron chi connectivity index (χ4n) is 2.52. The molecule has 10 heteroatoms. The van der Waals surface area contributed by atoms with E-state index in [2.05, 4.69) is 9.39 Å². The first-order chi connectivity index (χ1) is 12.5. The van der Waals surface area contributed by atoms with Crippen LogP contribution in [0.15, 0.2) is 48.6 Å². The van der Waals surface area contributed by atoms with E-state index < -0.39 is 5.91 Å². The molecule has 0 saturated carbocycles. The number of phenols is 1. The first-order valence-electron chi connectivity index (χ1n) is 7.27. The Bertz CT molecular complexity index is 1130. The molecule has 0 fully saturated rings. The van der Waals surface area contributed by atoms with Crippen molar-refractivity contribution in [2.24, 2.45) is 9.39 Å². The molecule has 1 aromatic heterocycles. The topological polar surface area (TPSA) is 119 Å². The normalized spacial score (nSPS) is 18.3. The molecule has 3 heterocycles. The van der Waals surface area contributed by atoms with E-state index >= 15 is 0 Å². The zero-order valence-electron chi connectivity index (χ0n) is 13.2. The highest BCUT2D eigenvalue weighted by Crippen LogP contribution is 2.31. The number of nitrogens with one attached hydrogen (secondary N) is 1. The van der Waals surface area contributed by atoms with Crippen LogP contribution in [0.1, 0.15) is 5.56 Å². The van der Waals surface area contributed by atoms with Crippen molar-refractivity contribution in [2.45, 2.75) is 0 Å². The molecule has 0 aliphatic carbocycles. The number of aromatic hydroxyl groups is 1. The summed E-state index contributed by atoms with van der Waals surface area (Å²) in [5.41, 5.74) is -0.0493. The van der Waals surface area contributed by atoms with Gasteiger partial charge in [-0.25, -0.2) is 4.90 Å². The average molecular weight is 386 g/mol. The van der Waals surface area contributed by atoms with Crippen molar-refractivity contribution in [1.29, 1.82) is 5.41 Å². The molecule has 2 aliphatic rings. The summed E-state index contributed by atoms with van der Waals surface area (Å²) in [5, 5.41) is 18.9. The summed E-state index contributed by atoms with van der Waals surface area (Å²) >= 11 is 2.36. The van der Waals surface area contributed by atoms with Crippen molar-refractivity contribution in [2.75, 3.05) is 6.26 Å². The van der Waals surface area contributed by atoms with Crippen LogP contribution in [-0.2, 0) is 4.79 Å². The van der Waals surface area contributed by atoms with Gasteiger partial charge < -0.3 is 9.52 Å². The number of phenolic OH excluding ortho intramolecular Hbond substituents is 1. The number of hydrogen-bond acceptors (Lipinski definition) is 8. The van der Waals surface area contributed by atoms with E-state index in [-0.39, 0.29) is 39.1 Å². The van der Waals surface area contributed by atoms with E-state index in [0.717, 1.165) is 11.9 Å². The van der Waals surface area contributed by atoms with Gasteiger partial charge in [0.25, 0.3) is 5.91 Å². The third kappa shape index (κ3) is 2.54. The highest BCUT2D eigenvalue weighted by Gasteiger charge is 2.37. The van der Waals surface area contributed by atoms with Crippen molar-refractivity contribution in [1.82, 2.24) is 4.90 Å². The van der Waals surface area contributed by atoms with Crippen LogP contribution in [0.5, 0.6) is 5.75 Å². The Morgan fingerprint density at radius 2 is 2.19 bits per heavy atom. The standard InChI is InChI=1S/C16H10N4O4S2/c1-25-16-19-26-15-18-14(23)10(13(17)20(15)16)4-7-6-24-11-5-8(21)2-3-9(11)12(7)22/h2-6,17,21H,1H3. The third-order valence-electron chi connectivity index (χ3n) is 3.76. The fraction of sp³-hybridized carbons (Fsp3) is 0.0625. The number of amidine groups is 3. The Hall–Kier alpha value is -2.85. The van der Waals surface area contributed by atoms with Crippen LogP contribution in [0.2, 0.25) is 0 Å². The molecule has 130 valence electrons. The van der Waals surface area contributed by atoms with Gasteiger partial charge in [-0.15, -0.1) is 0 Å². The second-order valence-electron chi connectivity index (χ2n) is 5.31. The number of benzene rings is 1. The second-order valence-corrected chi connectivity index (χ2v) is 6.82. The molecule has 0 bridgehead atoms. The van der Waals surface area contributed by atoms with E-state index in [4.69, 9.17) is 9.83 Å². The molecule has 2 N–H and O–H groups in total. The highest BCUT2D eigenvalue weighted by molar-refractivity contribution is 8.18. The average Bonchev–Trinajstić information content (AvgIpc) is 3.03. The molecule has 0 spiro atoms. The van der Waals surface area contributed by atoms with Gasteiger partial charge in [0.2, 0.25) is 5.17 Å². The minimum absolute atomic E-state index is 0.0201. The molecule has 0 saturated heterocycles. The number of rotatable bonds is 1. The minimum Gasteiger partial charge on any atom is -0.508 e. The van der Waals surface area contributed by atoms with E-state index in [1.165, 1.54) is 47.2 Å². The Kier molecular flexibility index (Phi) is 3.93. The van der Waals surface area contributed by atoms with Crippen LogP contribution in [0.4, 0.5) is 0 Å². The predicted molar refractivity (Wildman–Crippen MR) is 103 cm³/mol. The molecule has 26 heavy (non-hydrogen) atoms. The van der Waals surface area contributed by atoms with Gasteiger partial charge in [-0.2, -0.15) is 9.39 Å². The van der Waals surface area contributed by atoms with Crippen LogP contribution in [-0.4, -0.2) is 38.3 Å². The number of carbonyl (C=O) groups excluding carboxylic acids is 1. The number of amides is 1. The number of hydrogen-bond donors (Lipinski definition) is 2. The first kappa shape index (κ1) is 16.6. The number of thioether (sulfide) groups is 1. The molecule has 0 radical (unpaired) electrons. The Morgan fingerprint density at radius 1 is 1.38 bits per heavy atom. The van der Waals surface area contributed by atoms with Crippen molar-refractivity contribution < 1.29 is 14.3 Å². The maximum absolute atomic E-state index is 12.6. The van der Waals surface area contributed by atoms with E-state index in [1.54, 1.807) is 0 Å². The van der Waals surface area contributed by atoms with Gasteiger partial charge in [-0.05, 0) is 24.5 Å².